The van der Waals surface area contributed by atoms with E-state index in [-0.39, 0.29) is 11.7 Å². The van der Waals surface area contributed by atoms with Crippen LogP contribution < -0.4 is 10.5 Å². The lowest BCUT2D eigenvalue weighted by atomic mass is 9.82. The van der Waals surface area contributed by atoms with E-state index < -0.39 is 16.0 Å². The zero-order chi connectivity index (χ0) is 12.9. The first-order valence-electron chi connectivity index (χ1n) is 5.82. The number of aliphatic carboxylic acids is 1. The topological polar surface area (TPSA) is 109 Å². The van der Waals surface area contributed by atoms with Crippen LogP contribution in [0.25, 0.3) is 0 Å². The van der Waals surface area contributed by atoms with Crippen molar-refractivity contribution in [1.82, 2.24) is 5.32 Å². The van der Waals surface area contributed by atoms with Gasteiger partial charge >= 0.3 is 5.97 Å². The van der Waals surface area contributed by atoms with Crippen molar-refractivity contribution in [3.63, 3.8) is 0 Å². The highest BCUT2D eigenvalue weighted by molar-refractivity contribution is 7.89. The first kappa shape index (κ1) is 14.4. The van der Waals surface area contributed by atoms with Gasteiger partial charge in [0.2, 0.25) is 10.0 Å². The van der Waals surface area contributed by atoms with E-state index in [1.165, 1.54) is 0 Å². The molecular formula is C10H20N2O4S. The molecule has 1 aliphatic rings. The molecule has 1 aliphatic carbocycles. The Hall–Kier alpha value is -0.660. The van der Waals surface area contributed by atoms with Gasteiger partial charge < -0.3 is 10.4 Å². The molecule has 0 bridgehead atoms. The average Bonchev–Trinajstić information content (AvgIpc) is 2.24. The van der Waals surface area contributed by atoms with Crippen LogP contribution in [-0.4, -0.2) is 38.3 Å². The molecule has 0 atom stereocenters. The molecule has 1 saturated carbocycles. The fraction of sp³-hybridized carbons (Fsp3) is 0.900. The smallest absolute Gasteiger partial charge is 0.306 e. The van der Waals surface area contributed by atoms with Crippen molar-refractivity contribution in [2.45, 2.75) is 25.7 Å². The van der Waals surface area contributed by atoms with Gasteiger partial charge in [0.1, 0.15) is 0 Å². The van der Waals surface area contributed by atoms with E-state index in [9.17, 15) is 13.2 Å². The van der Waals surface area contributed by atoms with Crippen LogP contribution in [0.5, 0.6) is 0 Å². The predicted molar refractivity (Wildman–Crippen MR) is 63.9 cm³/mol. The molecule has 1 rings (SSSR count). The van der Waals surface area contributed by atoms with Crippen LogP contribution in [0.4, 0.5) is 0 Å². The Morgan fingerprint density at radius 2 is 1.88 bits per heavy atom. The van der Waals surface area contributed by atoms with Crippen LogP contribution in [0.3, 0.4) is 0 Å². The van der Waals surface area contributed by atoms with Gasteiger partial charge in [0.25, 0.3) is 0 Å². The van der Waals surface area contributed by atoms with Gasteiger partial charge in [-0.05, 0) is 38.1 Å². The number of rotatable bonds is 6. The van der Waals surface area contributed by atoms with Gasteiger partial charge in [-0.15, -0.1) is 0 Å². The summed E-state index contributed by atoms with van der Waals surface area (Å²) in [6, 6.07) is 0. The predicted octanol–water partition coefficient (Wildman–Crippen LogP) is -0.244. The third kappa shape index (κ3) is 5.99. The molecule has 1 fully saturated rings. The number of hydrogen-bond acceptors (Lipinski definition) is 4. The summed E-state index contributed by atoms with van der Waals surface area (Å²) in [6.07, 6.45) is 3.21. The molecule has 7 heteroatoms. The van der Waals surface area contributed by atoms with Gasteiger partial charge in [0.15, 0.2) is 0 Å². The summed E-state index contributed by atoms with van der Waals surface area (Å²) in [5.41, 5.74) is 0. The maximum atomic E-state index is 10.7. The lowest BCUT2D eigenvalue weighted by molar-refractivity contribution is -0.143. The van der Waals surface area contributed by atoms with Gasteiger partial charge in [-0.1, -0.05) is 0 Å². The number of primary sulfonamides is 1. The standard InChI is InChI=1S/C10H20N2O4S/c11-17(15,16)6-5-12-7-8-1-3-9(4-2-8)10(13)14/h8-9,12H,1-7H2,(H,13,14)(H2,11,15,16). The summed E-state index contributed by atoms with van der Waals surface area (Å²) in [4.78, 5) is 10.7. The Morgan fingerprint density at radius 3 is 2.35 bits per heavy atom. The number of carbonyl (C=O) groups is 1. The molecule has 0 unspecified atom stereocenters. The lowest BCUT2D eigenvalue weighted by Gasteiger charge is -2.26. The highest BCUT2D eigenvalue weighted by atomic mass is 32.2. The minimum Gasteiger partial charge on any atom is -0.481 e. The molecule has 0 aromatic heterocycles. The minimum atomic E-state index is -3.39. The number of sulfonamides is 1. The van der Waals surface area contributed by atoms with E-state index >= 15 is 0 Å². The van der Waals surface area contributed by atoms with Gasteiger partial charge in [0.05, 0.1) is 11.7 Å². The fourth-order valence-electron chi connectivity index (χ4n) is 2.13. The second-order valence-corrected chi connectivity index (χ2v) is 6.36. The second-order valence-electron chi connectivity index (χ2n) is 4.63. The summed E-state index contributed by atoms with van der Waals surface area (Å²) in [5, 5.41) is 16.8. The van der Waals surface area contributed by atoms with Crippen molar-refractivity contribution < 1.29 is 18.3 Å². The second kappa shape index (κ2) is 6.32. The van der Waals surface area contributed by atoms with E-state index in [1.54, 1.807) is 0 Å². The summed E-state index contributed by atoms with van der Waals surface area (Å²) < 4.78 is 21.3. The maximum Gasteiger partial charge on any atom is 0.306 e. The van der Waals surface area contributed by atoms with Gasteiger partial charge in [-0.2, -0.15) is 0 Å². The molecule has 100 valence electrons. The summed E-state index contributed by atoms with van der Waals surface area (Å²) >= 11 is 0. The fourth-order valence-corrected chi connectivity index (χ4v) is 2.56. The number of carboxylic acids is 1. The van der Waals surface area contributed by atoms with Crippen molar-refractivity contribution >= 4 is 16.0 Å². The zero-order valence-electron chi connectivity index (χ0n) is 9.76. The molecule has 0 aromatic rings. The zero-order valence-corrected chi connectivity index (χ0v) is 10.6. The first-order valence-corrected chi connectivity index (χ1v) is 7.54. The number of hydrogen-bond donors (Lipinski definition) is 3. The van der Waals surface area contributed by atoms with Gasteiger partial charge in [0, 0.05) is 6.54 Å². The molecule has 0 aliphatic heterocycles. The van der Waals surface area contributed by atoms with E-state index in [4.69, 9.17) is 10.2 Å². The van der Waals surface area contributed by atoms with Gasteiger partial charge in [-0.25, -0.2) is 13.6 Å². The third-order valence-corrected chi connectivity index (χ3v) is 3.97. The monoisotopic (exact) mass is 264 g/mol. The van der Waals surface area contributed by atoms with E-state index in [0.29, 0.717) is 12.5 Å². The van der Waals surface area contributed by atoms with Crippen molar-refractivity contribution in [3.8, 4) is 0 Å². The van der Waals surface area contributed by atoms with E-state index in [1.807, 2.05) is 0 Å². The highest BCUT2D eigenvalue weighted by Crippen LogP contribution is 2.28. The SMILES string of the molecule is NS(=O)(=O)CCNCC1CCC(C(=O)O)CC1. The Labute approximate surface area is 102 Å². The van der Waals surface area contributed by atoms with Crippen molar-refractivity contribution in [2.75, 3.05) is 18.8 Å². The molecular weight excluding hydrogens is 244 g/mol. The summed E-state index contributed by atoms with van der Waals surface area (Å²) in [7, 11) is -3.39. The maximum absolute atomic E-state index is 10.7. The molecule has 0 radical (unpaired) electrons. The van der Waals surface area contributed by atoms with Gasteiger partial charge in [-0.3, -0.25) is 4.79 Å². The first-order chi connectivity index (χ1) is 7.88. The van der Waals surface area contributed by atoms with Crippen LogP contribution in [0, 0.1) is 11.8 Å². The number of carboxylic acid groups (broad SMARTS) is 1. The Bertz CT molecular complexity index is 347. The number of nitrogens with one attached hydrogen (secondary N) is 1. The molecule has 0 heterocycles. The average molecular weight is 264 g/mol. The highest BCUT2D eigenvalue weighted by Gasteiger charge is 2.25. The van der Waals surface area contributed by atoms with Crippen LogP contribution in [0.1, 0.15) is 25.7 Å². The molecule has 6 nitrogen and oxygen atoms in total. The van der Waals surface area contributed by atoms with Crippen LogP contribution >= 0.6 is 0 Å². The lowest BCUT2D eigenvalue weighted by Crippen LogP contribution is -2.32. The van der Waals surface area contributed by atoms with Crippen LogP contribution in [-0.2, 0) is 14.8 Å². The molecule has 17 heavy (non-hydrogen) atoms. The summed E-state index contributed by atoms with van der Waals surface area (Å²) in [5.74, 6) is -0.510. The molecule has 0 saturated heterocycles. The number of nitrogens with two attached hydrogens (primary N) is 1. The van der Waals surface area contributed by atoms with Crippen LogP contribution in [0.2, 0.25) is 0 Å². The van der Waals surface area contributed by atoms with E-state index in [2.05, 4.69) is 5.32 Å². The normalized spacial score (nSPS) is 25.7. The van der Waals surface area contributed by atoms with Crippen LogP contribution in [0.15, 0.2) is 0 Å². The molecule has 0 spiro atoms. The largest absolute Gasteiger partial charge is 0.481 e. The van der Waals surface area contributed by atoms with Crippen molar-refractivity contribution in [1.29, 1.82) is 0 Å². The molecule has 4 N–H and O–H groups in total. The Balaban J connectivity index is 2.12. The molecule has 0 amide bonds. The quantitative estimate of drug-likeness (QED) is 0.573. The van der Waals surface area contributed by atoms with Crippen molar-refractivity contribution in [3.05, 3.63) is 0 Å². The Kier molecular flexibility index (Phi) is 5.35. The molecule has 0 aromatic carbocycles. The third-order valence-electron chi connectivity index (χ3n) is 3.19. The van der Waals surface area contributed by atoms with E-state index in [0.717, 1.165) is 32.2 Å². The summed E-state index contributed by atoms with van der Waals surface area (Å²) in [6.45, 7) is 1.10. The minimum absolute atomic E-state index is 0.0581. The Morgan fingerprint density at radius 1 is 1.29 bits per heavy atom. The van der Waals surface area contributed by atoms with Crippen molar-refractivity contribution in [2.24, 2.45) is 17.0 Å².